The monoisotopic (exact) mass is 473 g/mol. The van der Waals surface area contributed by atoms with Gasteiger partial charge in [-0.25, -0.2) is 0 Å². The number of rotatable bonds is 9. The Bertz CT molecular complexity index is 1290. The van der Waals surface area contributed by atoms with Crippen LogP contribution in [0.4, 0.5) is 0 Å². The van der Waals surface area contributed by atoms with Crippen LogP contribution in [0.1, 0.15) is 56.8 Å². The number of carbonyl (C=O) groups is 1. The molecule has 4 aromatic rings. The fraction of sp³-hybridized carbons (Fsp3) is 0.370. The molecule has 1 aliphatic rings. The Hall–Kier alpha value is -3.06. The molecule has 1 unspecified atom stereocenters. The van der Waals surface area contributed by atoms with Gasteiger partial charge >= 0.3 is 0 Å². The molecule has 2 heterocycles. The highest BCUT2D eigenvalue weighted by molar-refractivity contribution is 7.99. The van der Waals surface area contributed by atoms with E-state index in [0.29, 0.717) is 17.7 Å². The summed E-state index contributed by atoms with van der Waals surface area (Å²) in [6.45, 7) is 6.48. The molecule has 6 nitrogen and oxygen atoms in total. The molecule has 1 saturated carbocycles. The Balaban J connectivity index is 1.25. The van der Waals surface area contributed by atoms with Gasteiger partial charge in [-0.2, -0.15) is 0 Å². The SMILES string of the molecule is CC(C)Cc1ccc(C(C)NC(=O)CSc2nnc(-c3c[nH]c4ccccc34)n2C2CC2)cc1. The minimum atomic E-state index is -0.0377. The molecule has 2 aromatic heterocycles. The molecule has 1 fully saturated rings. The number of nitrogens with one attached hydrogen (secondary N) is 2. The quantitative estimate of drug-likeness (QED) is 0.296. The number of hydrogen-bond acceptors (Lipinski definition) is 4. The van der Waals surface area contributed by atoms with Gasteiger partial charge in [-0.3, -0.25) is 9.36 Å². The van der Waals surface area contributed by atoms with E-state index in [4.69, 9.17) is 0 Å². The normalized spacial score (nSPS) is 14.6. The fourth-order valence-corrected chi connectivity index (χ4v) is 5.20. The van der Waals surface area contributed by atoms with E-state index in [-0.39, 0.29) is 11.9 Å². The third-order valence-corrected chi connectivity index (χ3v) is 7.18. The van der Waals surface area contributed by atoms with Crippen molar-refractivity contribution in [3.05, 3.63) is 65.9 Å². The van der Waals surface area contributed by atoms with E-state index in [1.807, 2.05) is 25.3 Å². The average molecular weight is 474 g/mol. The van der Waals surface area contributed by atoms with E-state index in [2.05, 4.69) is 75.3 Å². The number of hydrogen-bond donors (Lipinski definition) is 2. The summed E-state index contributed by atoms with van der Waals surface area (Å²) in [6, 6.07) is 17.2. The summed E-state index contributed by atoms with van der Waals surface area (Å²) < 4.78 is 2.21. The first kappa shape index (κ1) is 22.7. The van der Waals surface area contributed by atoms with E-state index >= 15 is 0 Å². The summed E-state index contributed by atoms with van der Waals surface area (Å²) in [5, 5.41) is 14.1. The van der Waals surface area contributed by atoms with Gasteiger partial charge in [0.1, 0.15) is 0 Å². The molecular formula is C27H31N5OS. The van der Waals surface area contributed by atoms with Crippen LogP contribution < -0.4 is 5.32 Å². The molecule has 7 heteroatoms. The van der Waals surface area contributed by atoms with Crippen LogP contribution in [0.25, 0.3) is 22.3 Å². The van der Waals surface area contributed by atoms with Crippen molar-refractivity contribution in [2.45, 2.75) is 57.3 Å². The number of amides is 1. The molecule has 0 aliphatic heterocycles. The lowest BCUT2D eigenvalue weighted by Gasteiger charge is -2.15. The summed E-state index contributed by atoms with van der Waals surface area (Å²) in [4.78, 5) is 16.1. The average Bonchev–Trinajstić information content (AvgIpc) is 3.43. The molecule has 0 bridgehead atoms. The third-order valence-electron chi connectivity index (χ3n) is 6.24. The second-order valence-electron chi connectivity index (χ2n) is 9.57. The lowest BCUT2D eigenvalue weighted by molar-refractivity contribution is -0.119. The fourth-order valence-electron chi connectivity index (χ4n) is 4.39. The number of para-hydroxylation sites is 1. The number of aromatic amines is 1. The standard InChI is InChI=1S/C27H31N5OS/c1-17(2)14-19-8-10-20(11-9-19)18(3)29-25(33)16-34-27-31-30-26(32(27)21-12-13-21)23-15-28-24-7-5-4-6-22(23)24/h4-11,15,17-18,21,28H,12-14,16H2,1-3H3,(H,29,33). The second kappa shape index (κ2) is 9.66. The molecule has 0 saturated heterocycles. The van der Waals surface area contributed by atoms with E-state index in [0.717, 1.165) is 52.3 Å². The van der Waals surface area contributed by atoms with Crippen molar-refractivity contribution < 1.29 is 4.79 Å². The summed E-state index contributed by atoms with van der Waals surface area (Å²) >= 11 is 1.46. The van der Waals surface area contributed by atoms with Crippen molar-refractivity contribution in [1.82, 2.24) is 25.1 Å². The van der Waals surface area contributed by atoms with Gasteiger partial charge in [-0.1, -0.05) is 68.1 Å². The van der Waals surface area contributed by atoms with E-state index < -0.39 is 0 Å². The minimum Gasteiger partial charge on any atom is -0.360 e. The van der Waals surface area contributed by atoms with Crippen LogP contribution in [-0.2, 0) is 11.2 Å². The summed E-state index contributed by atoms with van der Waals surface area (Å²) in [6.07, 6.45) is 5.32. The first-order chi connectivity index (χ1) is 16.5. The van der Waals surface area contributed by atoms with Gasteiger partial charge in [0.2, 0.25) is 5.91 Å². The van der Waals surface area contributed by atoms with Crippen LogP contribution in [0.15, 0.2) is 59.9 Å². The van der Waals surface area contributed by atoms with Crippen molar-refractivity contribution in [3.63, 3.8) is 0 Å². The first-order valence-electron chi connectivity index (χ1n) is 12.0. The number of aromatic nitrogens is 4. The predicted octanol–water partition coefficient (Wildman–Crippen LogP) is 5.93. The van der Waals surface area contributed by atoms with Gasteiger partial charge in [0, 0.05) is 28.7 Å². The Labute approximate surface area is 204 Å². The molecule has 2 N–H and O–H groups in total. The smallest absolute Gasteiger partial charge is 0.230 e. The van der Waals surface area contributed by atoms with Crippen LogP contribution >= 0.6 is 11.8 Å². The van der Waals surface area contributed by atoms with Gasteiger partial charge in [0.15, 0.2) is 11.0 Å². The molecular weight excluding hydrogens is 442 g/mol. The number of thioether (sulfide) groups is 1. The molecule has 0 spiro atoms. The minimum absolute atomic E-state index is 0.00254. The highest BCUT2D eigenvalue weighted by atomic mass is 32.2. The van der Waals surface area contributed by atoms with Gasteiger partial charge in [-0.05, 0) is 49.3 Å². The maximum atomic E-state index is 12.7. The van der Waals surface area contributed by atoms with Crippen molar-refractivity contribution in [2.24, 2.45) is 5.92 Å². The van der Waals surface area contributed by atoms with Crippen LogP contribution in [0.2, 0.25) is 0 Å². The lowest BCUT2D eigenvalue weighted by atomic mass is 10.00. The van der Waals surface area contributed by atoms with Crippen molar-refractivity contribution in [3.8, 4) is 11.4 Å². The molecule has 2 aromatic carbocycles. The molecule has 5 rings (SSSR count). The maximum absolute atomic E-state index is 12.7. The van der Waals surface area contributed by atoms with Gasteiger partial charge in [0.25, 0.3) is 0 Å². The van der Waals surface area contributed by atoms with Crippen molar-refractivity contribution >= 4 is 28.6 Å². The van der Waals surface area contributed by atoms with Crippen LogP contribution in [0.3, 0.4) is 0 Å². The number of benzene rings is 2. The molecule has 1 atom stereocenters. The molecule has 176 valence electrons. The Morgan fingerprint density at radius 3 is 2.62 bits per heavy atom. The third kappa shape index (κ3) is 4.89. The van der Waals surface area contributed by atoms with Crippen LogP contribution in [0, 0.1) is 5.92 Å². The number of nitrogens with zero attached hydrogens (tertiary/aromatic N) is 3. The van der Waals surface area contributed by atoms with E-state index in [9.17, 15) is 4.79 Å². The molecule has 1 aliphatic carbocycles. The number of carbonyl (C=O) groups excluding carboxylic acids is 1. The highest BCUT2D eigenvalue weighted by Crippen LogP contribution is 2.42. The zero-order chi connectivity index (χ0) is 23.7. The summed E-state index contributed by atoms with van der Waals surface area (Å²) in [7, 11) is 0. The summed E-state index contributed by atoms with van der Waals surface area (Å²) in [5.74, 6) is 1.82. The second-order valence-corrected chi connectivity index (χ2v) is 10.5. The summed E-state index contributed by atoms with van der Waals surface area (Å²) in [5.41, 5.74) is 4.59. The molecule has 1 amide bonds. The van der Waals surface area contributed by atoms with E-state index in [1.54, 1.807) is 0 Å². The Morgan fingerprint density at radius 2 is 1.88 bits per heavy atom. The van der Waals surface area contributed by atoms with Gasteiger partial charge in [-0.15, -0.1) is 10.2 Å². The molecule has 34 heavy (non-hydrogen) atoms. The first-order valence-corrected chi connectivity index (χ1v) is 13.0. The highest BCUT2D eigenvalue weighted by Gasteiger charge is 2.31. The van der Waals surface area contributed by atoms with Gasteiger partial charge in [0.05, 0.1) is 11.8 Å². The zero-order valence-electron chi connectivity index (χ0n) is 19.9. The van der Waals surface area contributed by atoms with E-state index in [1.165, 1.54) is 17.3 Å². The topological polar surface area (TPSA) is 75.6 Å². The molecule has 0 radical (unpaired) electrons. The Kier molecular flexibility index (Phi) is 6.46. The Morgan fingerprint density at radius 1 is 1.12 bits per heavy atom. The van der Waals surface area contributed by atoms with Crippen LogP contribution in [-0.4, -0.2) is 31.4 Å². The number of fused-ring (bicyclic) bond motifs is 1. The van der Waals surface area contributed by atoms with Crippen LogP contribution in [0.5, 0.6) is 0 Å². The zero-order valence-corrected chi connectivity index (χ0v) is 20.7. The maximum Gasteiger partial charge on any atom is 0.230 e. The van der Waals surface area contributed by atoms with Gasteiger partial charge < -0.3 is 10.3 Å². The predicted molar refractivity (Wildman–Crippen MR) is 138 cm³/mol. The van der Waals surface area contributed by atoms with Crippen molar-refractivity contribution in [2.75, 3.05) is 5.75 Å². The van der Waals surface area contributed by atoms with Crippen molar-refractivity contribution in [1.29, 1.82) is 0 Å². The lowest BCUT2D eigenvalue weighted by Crippen LogP contribution is -2.28. The number of H-pyrrole nitrogens is 1. The largest absolute Gasteiger partial charge is 0.360 e.